The van der Waals surface area contributed by atoms with Gasteiger partial charge in [0.2, 0.25) is 0 Å². The van der Waals surface area contributed by atoms with E-state index in [9.17, 15) is 14.7 Å². The highest BCUT2D eigenvalue weighted by atomic mass is 16.5. The van der Waals surface area contributed by atoms with Gasteiger partial charge in [-0.2, -0.15) is 0 Å². The first-order valence-electron chi connectivity index (χ1n) is 14.6. The minimum Gasteiger partial charge on any atom is -0.481 e. The smallest absolute Gasteiger partial charge is 0.310 e. The van der Waals surface area contributed by atoms with Gasteiger partial charge in [0, 0.05) is 12.3 Å². The summed E-state index contributed by atoms with van der Waals surface area (Å²) in [5.74, 6) is 0.546. The summed E-state index contributed by atoms with van der Waals surface area (Å²) in [6.07, 6.45) is 12.6. The molecule has 0 heterocycles. The molecule has 0 bridgehead atoms. The number of fused-ring (bicyclic) bond motifs is 7. The van der Waals surface area contributed by atoms with Crippen LogP contribution in [0.3, 0.4) is 0 Å². The van der Waals surface area contributed by atoms with E-state index in [2.05, 4.69) is 54.5 Å². The monoisotopic (exact) mass is 498 g/mol. The summed E-state index contributed by atoms with van der Waals surface area (Å²) in [5.41, 5.74) is 1.50. The molecular formula is C32H50O4. The summed E-state index contributed by atoms with van der Waals surface area (Å²) in [5, 5.41) is 10.5. The van der Waals surface area contributed by atoms with Crippen molar-refractivity contribution in [2.24, 2.45) is 50.2 Å². The fourth-order valence-corrected chi connectivity index (χ4v) is 11.0. The second-order valence-corrected chi connectivity index (χ2v) is 15.6. The van der Waals surface area contributed by atoms with E-state index >= 15 is 0 Å². The van der Waals surface area contributed by atoms with Crippen molar-refractivity contribution in [2.75, 3.05) is 0 Å². The molecule has 4 heteroatoms. The maximum Gasteiger partial charge on any atom is 0.310 e. The molecule has 0 aromatic heterocycles. The Hall–Kier alpha value is -1.32. The van der Waals surface area contributed by atoms with Crippen molar-refractivity contribution < 1.29 is 19.4 Å². The molecule has 0 aromatic carbocycles. The van der Waals surface area contributed by atoms with Crippen molar-refractivity contribution in [1.82, 2.24) is 0 Å². The zero-order valence-corrected chi connectivity index (χ0v) is 24.1. The number of carbonyl (C=O) groups is 2. The number of esters is 1. The molecule has 36 heavy (non-hydrogen) atoms. The van der Waals surface area contributed by atoms with Gasteiger partial charge in [0.15, 0.2) is 0 Å². The number of carboxylic acids is 1. The predicted octanol–water partition coefficient (Wildman–Crippen LogP) is 7.80. The summed E-state index contributed by atoms with van der Waals surface area (Å²) >= 11 is 0. The van der Waals surface area contributed by atoms with E-state index in [-0.39, 0.29) is 45.1 Å². The molecule has 5 rings (SSSR count). The molecule has 0 spiro atoms. The second-order valence-electron chi connectivity index (χ2n) is 15.6. The molecule has 5 aliphatic rings. The Balaban J connectivity index is 1.55. The first kappa shape index (κ1) is 26.3. The van der Waals surface area contributed by atoms with Crippen LogP contribution in [-0.2, 0) is 14.3 Å². The third-order valence-corrected chi connectivity index (χ3v) is 13.3. The summed E-state index contributed by atoms with van der Waals surface area (Å²) < 4.78 is 5.87. The average Bonchev–Trinajstić information content (AvgIpc) is 2.75. The third kappa shape index (κ3) is 3.30. The Labute approximate surface area is 219 Å². The number of hydrogen-bond donors (Lipinski definition) is 1. The van der Waals surface area contributed by atoms with Gasteiger partial charge in [-0.05, 0) is 104 Å². The van der Waals surface area contributed by atoms with Crippen LogP contribution in [0.1, 0.15) is 120 Å². The Bertz CT molecular complexity index is 992. The molecule has 4 saturated carbocycles. The molecule has 5 aliphatic carbocycles. The SMILES string of the molecule is CC(=O)OC1CC[C@]2(C)[C@H]3CC=C4[C@@H]5CC(C)(C)CC[C@]5(C(=O)O)CC[C@@]4(C)[C@]3(C)CC[C@H]2C1(C)C. The molecule has 0 aromatic rings. The van der Waals surface area contributed by atoms with Gasteiger partial charge in [-0.3, -0.25) is 9.59 Å². The summed E-state index contributed by atoms with van der Waals surface area (Å²) in [6, 6.07) is 0. The van der Waals surface area contributed by atoms with Gasteiger partial charge < -0.3 is 9.84 Å². The lowest BCUT2D eigenvalue weighted by Gasteiger charge is -2.71. The quantitative estimate of drug-likeness (QED) is 0.311. The van der Waals surface area contributed by atoms with Crippen molar-refractivity contribution >= 4 is 11.9 Å². The lowest BCUT2D eigenvalue weighted by atomic mass is 9.33. The van der Waals surface area contributed by atoms with Gasteiger partial charge in [-0.1, -0.05) is 60.1 Å². The Morgan fingerprint density at radius 1 is 0.889 bits per heavy atom. The van der Waals surface area contributed by atoms with Crippen LogP contribution in [0.25, 0.3) is 0 Å². The Kier molecular flexibility index (Phi) is 5.74. The van der Waals surface area contributed by atoms with E-state index in [1.807, 2.05) is 0 Å². The molecule has 202 valence electrons. The highest BCUT2D eigenvalue weighted by Gasteiger charge is 2.69. The number of rotatable bonds is 2. The van der Waals surface area contributed by atoms with Crippen molar-refractivity contribution in [3.05, 3.63) is 11.6 Å². The molecule has 4 nitrogen and oxygen atoms in total. The third-order valence-electron chi connectivity index (χ3n) is 13.3. The van der Waals surface area contributed by atoms with Crippen molar-refractivity contribution in [3.8, 4) is 0 Å². The second kappa shape index (κ2) is 7.85. The Morgan fingerprint density at radius 2 is 1.56 bits per heavy atom. The van der Waals surface area contributed by atoms with E-state index < -0.39 is 11.4 Å². The normalized spacial score (nSPS) is 48.8. The number of ether oxygens (including phenoxy) is 1. The van der Waals surface area contributed by atoms with Crippen LogP contribution in [0.15, 0.2) is 11.6 Å². The van der Waals surface area contributed by atoms with E-state index in [4.69, 9.17) is 4.74 Å². The molecule has 1 unspecified atom stereocenters. The first-order valence-corrected chi connectivity index (χ1v) is 14.6. The number of allylic oxidation sites excluding steroid dienone is 2. The van der Waals surface area contributed by atoms with Gasteiger partial charge in [0.05, 0.1) is 5.41 Å². The fourth-order valence-electron chi connectivity index (χ4n) is 11.0. The minimum absolute atomic E-state index is 0.00181. The number of carboxylic acid groups (broad SMARTS) is 1. The van der Waals surface area contributed by atoms with Crippen LogP contribution in [0.4, 0.5) is 0 Å². The van der Waals surface area contributed by atoms with E-state index in [1.165, 1.54) is 12.0 Å². The largest absolute Gasteiger partial charge is 0.481 e. The number of carbonyl (C=O) groups excluding carboxylic acids is 1. The Morgan fingerprint density at radius 3 is 2.19 bits per heavy atom. The van der Waals surface area contributed by atoms with Crippen molar-refractivity contribution in [2.45, 2.75) is 126 Å². The number of hydrogen-bond acceptors (Lipinski definition) is 3. The van der Waals surface area contributed by atoms with Gasteiger partial charge in [-0.25, -0.2) is 0 Å². The van der Waals surface area contributed by atoms with Crippen molar-refractivity contribution in [3.63, 3.8) is 0 Å². The maximum absolute atomic E-state index is 12.8. The van der Waals surface area contributed by atoms with Gasteiger partial charge in [-0.15, -0.1) is 0 Å². The molecule has 4 fully saturated rings. The average molecular weight is 499 g/mol. The van der Waals surface area contributed by atoms with E-state index in [0.717, 1.165) is 57.8 Å². The van der Waals surface area contributed by atoms with Gasteiger partial charge >= 0.3 is 11.9 Å². The summed E-state index contributed by atoms with van der Waals surface area (Å²) in [6.45, 7) is 18.5. The maximum atomic E-state index is 12.8. The van der Waals surface area contributed by atoms with Crippen LogP contribution in [-0.4, -0.2) is 23.1 Å². The van der Waals surface area contributed by atoms with Crippen LogP contribution < -0.4 is 0 Å². The molecule has 0 radical (unpaired) electrons. The van der Waals surface area contributed by atoms with E-state index in [0.29, 0.717) is 11.8 Å². The fraction of sp³-hybridized carbons (Fsp3) is 0.875. The zero-order valence-electron chi connectivity index (χ0n) is 24.1. The zero-order chi connectivity index (χ0) is 26.5. The summed E-state index contributed by atoms with van der Waals surface area (Å²) in [4.78, 5) is 24.7. The van der Waals surface area contributed by atoms with Gasteiger partial charge in [0.1, 0.15) is 6.10 Å². The lowest BCUT2D eigenvalue weighted by Crippen LogP contribution is -2.65. The van der Waals surface area contributed by atoms with Gasteiger partial charge in [0.25, 0.3) is 0 Å². The topological polar surface area (TPSA) is 63.6 Å². The summed E-state index contributed by atoms with van der Waals surface area (Å²) in [7, 11) is 0. The van der Waals surface area contributed by atoms with Crippen molar-refractivity contribution in [1.29, 1.82) is 0 Å². The van der Waals surface area contributed by atoms with Crippen LogP contribution >= 0.6 is 0 Å². The molecule has 8 atom stereocenters. The molecule has 0 aliphatic heterocycles. The van der Waals surface area contributed by atoms with E-state index in [1.54, 1.807) is 6.92 Å². The highest BCUT2D eigenvalue weighted by molar-refractivity contribution is 5.76. The molecule has 0 saturated heterocycles. The standard InChI is InChI=1S/C32H50O4/c1-20(33)36-25-12-13-29(6)23(28(25,4)5)11-14-31(8)24(29)10-9-21-22-19-27(2,3)15-17-32(22,26(34)35)18-16-30(21,31)7/h9,22-25H,10-19H2,1-8H3,(H,34,35)/t22-,23-,24+,25?,29-,30+,31+,32-/m0/s1. The first-order chi connectivity index (χ1) is 16.5. The molecular weight excluding hydrogens is 448 g/mol. The van der Waals surface area contributed by atoms with Crippen LogP contribution in [0, 0.1) is 50.2 Å². The van der Waals surface area contributed by atoms with Crippen LogP contribution in [0.2, 0.25) is 0 Å². The lowest BCUT2D eigenvalue weighted by molar-refractivity contribution is -0.213. The minimum atomic E-state index is -0.574. The predicted molar refractivity (Wildman–Crippen MR) is 142 cm³/mol. The van der Waals surface area contributed by atoms with Crippen LogP contribution in [0.5, 0.6) is 0 Å². The molecule has 0 amide bonds. The number of aliphatic carboxylic acids is 1. The molecule has 1 N–H and O–H groups in total. The highest BCUT2D eigenvalue weighted by Crippen LogP contribution is 2.75.